The molecule has 0 aliphatic heterocycles. The zero-order valence-corrected chi connectivity index (χ0v) is 20.6. The van der Waals surface area contributed by atoms with E-state index >= 15 is 0 Å². The zero-order valence-electron chi connectivity index (χ0n) is 19.1. The van der Waals surface area contributed by atoms with Crippen molar-refractivity contribution >= 4 is 29.1 Å². The van der Waals surface area contributed by atoms with Crippen LogP contribution in [0.15, 0.2) is 42.6 Å². The van der Waals surface area contributed by atoms with Gasteiger partial charge in [-0.3, -0.25) is 4.79 Å². The molecule has 2 heterocycles. The summed E-state index contributed by atoms with van der Waals surface area (Å²) in [4.78, 5) is 15.6. The molecule has 1 unspecified atom stereocenters. The summed E-state index contributed by atoms with van der Waals surface area (Å²) in [5.41, 5.74) is 2.77. The van der Waals surface area contributed by atoms with E-state index in [2.05, 4.69) is 24.1 Å². The van der Waals surface area contributed by atoms with Crippen LogP contribution in [0.1, 0.15) is 44.1 Å². The van der Waals surface area contributed by atoms with Crippen molar-refractivity contribution in [3.63, 3.8) is 0 Å². The molecule has 0 saturated heterocycles. The van der Waals surface area contributed by atoms with Crippen LogP contribution in [0.5, 0.6) is 0 Å². The first-order chi connectivity index (χ1) is 15.3. The molecular weight excluding hydrogens is 445 g/mol. The Morgan fingerprint density at radius 3 is 2.53 bits per heavy atom. The number of hydrogen-bond acceptors (Lipinski definition) is 3. The van der Waals surface area contributed by atoms with Crippen LogP contribution < -0.4 is 5.32 Å². The third kappa shape index (κ3) is 5.74. The molecule has 1 aromatic carbocycles. The van der Waals surface area contributed by atoms with Crippen LogP contribution in [-0.4, -0.2) is 50.8 Å². The van der Waals surface area contributed by atoms with Crippen molar-refractivity contribution in [2.75, 3.05) is 19.6 Å². The van der Waals surface area contributed by atoms with Gasteiger partial charge in [-0.1, -0.05) is 37.0 Å². The summed E-state index contributed by atoms with van der Waals surface area (Å²) in [5.74, 6) is -0.167. The van der Waals surface area contributed by atoms with Gasteiger partial charge in [0.25, 0.3) is 5.91 Å². The number of amides is 1. The number of carbonyl (C=O) groups is 1. The van der Waals surface area contributed by atoms with E-state index in [1.807, 2.05) is 42.9 Å². The van der Waals surface area contributed by atoms with E-state index < -0.39 is 0 Å². The molecule has 1 atom stereocenters. The number of rotatable bonds is 10. The van der Waals surface area contributed by atoms with Gasteiger partial charge in [0.2, 0.25) is 0 Å². The molecule has 0 saturated carbocycles. The van der Waals surface area contributed by atoms with Gasteiger partial charge in [0.05, 0.1) is 21.4 Å². The third-order valence-corrected chi connectivity index (χ3v) is 6.42. The minimum atomic E-state index is -0.167. The summed E-state index contributed by atoms with van der Waals surface area (Å²) >= 11 is 12.3. The number of halogens is 2. The van der Waals surface area contributed by atoms with Crippen molar-refractivity contribution < 1.29 is 4.79 Å². The van der Waals surface area contributed by atoms with Crippen molar-refractivity contribution in [3.05, 3.63) is 58.3 Å². The molecule has 0 aliphatic carbocycles. The van der Waals surface area contributed by atoms with E-state index in [4.69, 9.17) is 28.3 Å². The Hall–Kier alpha value is -2.28. The standard InChI is InChI=1S/C24H31Cl2N5O/c1-5-30(6-2)14-7-9-17(3)27-24(32)23-16-21(22-10-8-13-29(22)4)28-31(23)18-11-12-19(25)20(26)15-18/h8,10-13,15-17H,5-7,9,14H2,1-4H3,(H,27,32). The van der Waals surface area contributed by atoms with Gasteiger partial charge in [-0.2, -0.15) is 5.10 Å². The van der Waals surface area contributed by atoms with Gasteiger partial charge in [0.15, 0.2) is 0 Å². The second kappa shape index (κ2) is 11.0. The average Bonchev–Trinajstić information content (AvgIpc) is 3.39. The minimum Gasteiger partial charge on any atom is -0.349 e. The van der Waals surface area contributed by atoms with Crippen LogP contribution in [0.3, 0.4) is 0 Å². The summed E-state index contributed by atoms with van der Waals surface area (Å²) in [6, 6.07) is 11.0. The Morgan fingerprint density at radius 1 is 1.16 bits per heavy atom. The van der Waals surface area contributed by atoms with Crippen molar-refractivity contribution in [1.82, 2.24) is 24.6 Å². The van der Waals surface area contributed by atoms with Gasteiger partial charge in [-0.05, 0) is 75.8 Å². The maximum absolute atomic E-state index is 13.2. The monoisotopic (exact) mass is 475 g/mol. The first-order valence-electron chi connectivity index (χ1n) is 11.0. The Bertz CT molecular complexity index is 1050. The molecule has 0 aliphatic rings. The summed E-state index contributed by atoms with van der Waals surface area (Å²) < 4.78 is 3.60. The topological polar surface area (TPSA) is 55.1 Å². The highest BCUT2D eigenvalue weighted by molar-refractivity contribution is 6.42. The summed E-state index contributed by atoms with van der Waals surface area (Å²) in [6.07, 6.45) is 3.89. The molecule has 2 aromatic heterocycles. The van der Waals surface area contributed by atoms with Crippen molar-refractivity contribution in [3.8, 4) is 17.1 Å². The molecule has 8 heteroatoms. The summed E-state index contributed by atoms with van der Waals surface area (Å²) in [6.45, 7) is 9.50. The fourth-order valence-electron chi connectivity index (χ4n) is 3.74. The SMILES string of the molecule is CCN(CC)CCCC(C)NC(=O)c1cc(-c2cccn2C)nn1-c1ccc(Cl)c(Cl)c1. The second-order valence-electron chi connectivity index (χ2n) is 7.97. The molecule has 6 nitrogen and oxygen atoms in total. The van der Waals surface area contributed by atoms with Crippen LogP contribution in [0.2, 0.25) is 10.0 Å². The predicted octanol–water partition coefficient (Wildman–Crippen LogP) is 5.42. The third-order valence-electron chi connectivity index (χ3n) is 5.68. The van der Waals surface area contributed by atoms with Crippen molar-refractivity contribution in [1.29, 1.82) is 0 Å². The highest BCUT2D eigenvalue weighted by Gasteiger charge is 2.20. The number of benzene rings is 1. The van der Waals surface area contributed by atoms with E-state index in [0.717, 1.165) is 38.2 Å². The van der Waals surface area contributed by atoms with E-state index in [-0.39, 0.29) is 11.9 Å². The molecule has 1 N–H and O–H groups in total. The highest BCUT2D eigenvalue weighted by atomic mass is 35.5. The van der Waals surface area contributed by atoms with Gasteiger partial charge in [0.1, 0.15) is 11.4 Å². The molecule has 3 rings (SSSR count). The predicted molar refractivity (Wildman–Crippen MR) is 132 cm³/mol. The van der Waals surface area contributed by atoms with Crippen LogP contribution in [-0.2, 0) is 7.05 Å². The fourth-order valence-corrected chi connectivity index (χ4v) is 4.03. The van der Waals surface area contributed by atoms with Gasteiger partial charge in [-0.15, -0.1) is 0 Å². The molecule has 32 heavy (non-hydrogen) atoms. The highest BCUT2D eigenvalue weighted by Crippen LogP contribution is 2.27. The lowest BCUT2D eigenvalue weighted by Gasteiger charge is -2.20. The quantitative estimate of drug-likeness (QED) is 0.425. The minimum absolute atomic E-state index is 0.0497. The van der Waals surface area contributed by atoms with Crippen molar-refractivity contribution in [2.45, 2.75) is 39.7 Å². The molecule has 172 valence electrons. The number of carbonyl (C=O) groups excluding carboxylic acids is 1. The lowest BCUT2D eigenvalue weighted by Crippen LogP contribution is -2.34. The number of nitrogens with zero attached hydrogens (tertiary/aromatic N) is 4. The van der Waals surface area contributed by atoms with Crippen LogP contribution in [0.4, 0.5) is 0 Å². The molecule has 1 amide bonds. The van der Waals surface area contributed by atoms with E-state index in [1.54, 1.807) is 22.9 Å². The Morgan fingerprint density at radius 2 is 1.91 bits per heavy atom. The van der Waals surface area contributed by atoms with Crippen LogP contribution >= 0.6 is 23.2 Å². The molecule has 0 spiro atoms. The van der Waals surface area contributed by atoms with Gasteiger partial charge >= 0.3 is 0 Å². The Kier molecular flexibility index (Phi) is 8.40. The lowest BCUT2D eigenvalue weighted by atomic mass is 10.1. The largest absolute Gasteiger partial charge is 0.349 e. The van der Waals surface area contributed by atoms with Gasteiger partial charge in [0, 0.05) is 19.3 Å². The number of aryl methyl sites for hydroxylation is 1. The van der Waals surface area contributed by atoms with Gasteiger partial charge in [-0.25, -0.2) is 4.68 Å². The Balaban J connectivity index is 1.83. The smallest absolute Gasteiger partial charge is 0.270 e. The molecule has 0 fully saturated rings. The van der Waals surface area contributed by atoms with Crippen molar-refractivity contribution in [2.24, 2.45) is 7.05 Å². The maximum Gasteiger partial charge on any atom is 0.270 e. The first kappa shape index (κ1) is 24.4. The molecular formula is C24H31Cl2N5O. The van der Waals surface area contributed by atoms with Crippen LogP contribution in [0, 0.1) is 0 Å². The number of nitrogens with one attached hydrogen (secondary N) is 1. The lowest BCUT2D eigenvalue weighted by molar-refractivity contribution is 0.0929. The summed E-state index contributed by atoms with van der Waals surface area (Å²) in [7, 11) is 1.95. The van der Waals surface area contributed by atoms with E-state index in [9.17, 15) is 4.79 Å². The fraction of sp³-hybridized carbons (Fsp3) is 0.417. The second-order valence-corrected chi connectivity index (χ2v) is 8.79. The maximum atomic E-state index is 13.2. The zero-order chi connectivity index (χ0) is 23.3. The molecule has 3 aromatic rings. The Labute approximate surface area is 200 Å². The first-order valence-corrected chi connectivity index (χ1v) is 11.8. The normalized spacial score (nSPS) is 12.3. The van der Waals surface area contributed by atoms with Crippen LogP contribution in [0.25, 0.3) is 17.1 Å². The van der Waals surface area contributed by atoms with Gasteiger partial charge < -0.3 is 14.8 Å². The van der Waals surface area contributed by atoms with E-state index in [1.165, 1.54) is 0 Å². The number of aromatic nitrogens is 3. The molecule has 0 bridgehead atoms. The average molecular weight is 476 g/mol. The summed E-state index contributed by atoms with van der Waals surface area (Å²) in [5, 5.41) is 8.72. The molecule has 0 radical (unpaired) electrons. The van der Waals surface area contributed by atoms with E-state index in [0.29, 0.717) is 27.1 Å². The number of hydrogen-bond donors (Lipinski definition) is 1.